The van der Waals surface area contributed by atoms with Gasteiger partial charge < -0.3 is 9.97 Å². The molecule has 4 heteroatoms. The number of rotatable bonds is 0. The van der Waals surface area contributed by atoms with Crippen molar-refractivity contribution in [3.8, 4) is 0 Å². The lowest BCUT2D eigenvalue weighted by atomic mass is 10.0. The van der Waals surface area contributed by atoms with Crippen LogP contribution in [0.2, 0.25) is 0 Å². The molecule has 4 nitrogen and oxygen atoms in total. The van der Waals surface area contributed by atoms with E-state index >= 15 is 0 Å². The summed E-state index contributed by atoms with van der Waals surface area (Å²) in [5.41, 5.74) is 1.78. The Morgan fingerprint density at radius 1 is 1.05 bits per heavy atom. The van der Waals surface area contributed by atoms with Crippen LogP contribution in [-0.4, -0.2) is 15.0 Å². The molecule has 4 aromatic rings. The third-order valence-corrected chi connectivity index (χ3v) is 3.50. The second-order valence-corrected chi connectivity index (χ2v) is 4.69. The van der Waals surface area contributed by atoms with E-state index in [0.717, 1.165) is 33.0 Å². The van der Waals surface area contributed by atoms with E-state index in [4.69, 9.17) is 0 Å². The number of nitrogens with one attached hydrogen (secondary N) is 2. The fraction of sp³-hybridized carbons (Fsp3) is 0.125. The summed E-state index contributed by atoms with van der Waals surface area (Å²) in [5.74, 6) is 0.855. The average Bonchev–Trinajstić information content (AvgIpc) is 2.81. The van der Waals surface area contributed by atoms with Crippen molar-refractivity contribution in [2.24, 2.45) is 0 Å². The van der Waals surface area contributed by atoms with Crippen molar-refractivity contribution in [3.05, 3.63) is 52.7 Å². The van der Waals surface area contributed by atoms with E-state index in [0.29, 0.717) is 5.39 Å². The highest BCUT2D eigenvalue weighted by molar-refractivity contribution is 6.22. The number of hydrogen-bond acceptors (Lipinski definition) is 2. The zero-order valence-corrected chi connectivity index (χ0v) is 10.3. The quantitative estimate of drug-likeness (QED) is 0.478. The van der Waals surface area contributed by atoms with E-state index in [1.807, 2.05) is 37.3 Å². The predicted octanol–water partition coefficient (Wildman–Crippen LogP) is 3.50. The zero-order valence-electron chi connectivity index (χ0n) is 10.3. The van der Waals surface area contributed by atoms with E-state index in [-0.39, 0.29) is 13.0 Å². The van der Waals surface area contributed by atoms with Crippen molar-refractivity contribution in [2.75, 3.05) is 0 Å². The summed E-state index contributed by atoms with van der Waals surface area (Å²) in [6.07, 6.45) is 1.67. The van der Waals surface area contributed by atoms with Gasteiger partial charge in [0.2, 0.25) is 0 Å². The minimum absolute atomic E-state index is 0. The number of nitrogens with zero attached hydrogens (tertiary/aromatic N) is 1. The maximum absolute atomic E-state index is 12.1. The molecule has 0 radical (unpaired) electrons. The molecule has 0 saturated carbocycles. The predicted molar refractivity (Wildman–Crippen MR) is 83.2 cm³/mol. The molecule has 0 saturated heterocycles. The second kappa shape index (κ2) is 4.20. The van der Waals surface area contributed by atoms with Crippen LogP contribution in [0, 0.1) is 6.92 Å². The zero-order chi connectivity index (χ0) is 13.0. The SMILES string of the molecule is C.Cc1nc2c3cc[nH]c(=O)c3c3ccccc3c2[nH]1. The van der Waals surface area contributed by atoms with Gasteiger partial charge in [0, 0.05) is 17.0 Å². The third kappa shape index (κ3) is 1.48. The van der Waals surface area contributed by atoms with Crippen LogP contribution in [0.25, 0.3) is 32.6 Å². The Bertz CT molecular complexity index is 995. The molecular weight excluding hydrogens is 250 g/mol. The van der Waals surface area contributed by atoms with Crippen molar-refractivity contribution >= 4 is 32.6 Å². The molecule has 0 amide bonds. The first kappa shape index (κ1) is 12.4. The number of benzene rings is 2. The van der Waals surface area contributed by atoms with Gasteiger partial charge in [-0.1, -0.05) is 31.7 Å². The highest BCUT2D eigenvalue weighted by Gasteiger charge is 2.13. The van der Waals surface area contributed by atoms with Gasteiger partial charge in [-0.05, 0) is 18.4 Å². The summed E-state index contributed by atoms with van der Waals surface area (Å²) in [7, 11) is 0. The molecule has 0 fully saturated rings. The number of hydrogen-bond donors (Lipinski definition) is 2. The smallest absolute Gasteiger partial charge is 0.256 e. The van der Waals surface area contributed by atoms with Crippen LogP contribution in [0.3, 0.4) is 0 Å². The van der Waals surface area contributed by atoms with Crippen LogP contribution in [0.1, 0.15) is 13.3 Å². The van der Waals surface area contributed by atoms with Gasteiger partial charge in [0.15, 0.2) is 0 Å². The van der Waals surface area contributed by atoms with Crippen molar-refractivity contribution in [1.29, 1.82) is 0 Å². The molecule has 2 heterocycles. The Labute approximate surface area is 115 Å². The summed E-state index contributed by atoms with van der Waals surface area (Å²) in [6, 6.07) is 9.82. The number of H-pyrrole nitrogens is 2. The average molecular weight is 265 g/mol. The van der Waals surface area contributed by atoms with Gasteiger partial charge in [-0.15, -0.1) is 0 Å². The van der Waals surface area contributed by atoms with Gasteiger partial charge in [0.05, 0.1) is 16.4 Å². The molecule has 2 aromatic carbocycles. The Kier molecular flexibility index (Phi) is 2.61. The van der Waals surface area contributed by atoms with E-state index in [9.17, 15) is 4.79 Å². The standard InChI is InChI=1S/C15H11N3O.CH4/c1-8-17-13-10-5-3-2-4-9(10)12-11(14(13)18-8)6-7-16-15(12)19;/h2-7H,1H3,(H,16,19)(H,17,18);1H4. The van der Waals surface area contributed by atoms with Crippen LogP contribution in [0.15, 0.2) is 41.3 Å². The van der Waals surface area contributed by atoms with Crippen LogP contribution < -0.4 is 5.56 Å². The lowest BCUT2D eigenvalue weighted by molar-refractivity contribution is 1.17. The van der Waals surface area contributed by atoms with Gasteiger partial charge >= 0.3 is 0 Å². The number of aryl methyl sites for hydroxylation is 1. The summed E-state index contributed by atoms with van der Waals surface area (Å²) >= 11 is 0. The molecule has 0 atom stereocenters. The van der Waals surface area contributed by atoms with Crippen molar-refractivity contribution in [2.45, 2.75) is 14.4 Å². The summed E-state index contributed by atoms with van der Waals surface area (Å²) in [6.45, 7) is 1.92. The molecule has 2 N–H and O–H groups in total. The van der Waals surface area contributed by atoms with Gasteiger partial charge in [-0.3, -0.25) is 4.79 Å². The summed E-state index contributed by atoms with van der Waals surface area (Å²) < 4.78 is 0. The molecule has 20 heavy (non-hydrogen) atoms. The fourth-order valence-corrected chi connectivity index (χ4v) is 2.74. The maximum Gasteiger partial charge on any atom is 0.256 e. The van der Waals surface area contributed by atoms with Gasteiger partial charge in [-0.2, -0.15) is 0 Å². The molecule has 0 aliphatic carbocycles. The highest BCUT2D eigenvalue weighted by Crippen LogP contribution is 2.31. The number of aromatic amines is 2. The monoisotopic (exact) mass is 265 g/mol. The first-order chi connectivity index (χ1) is 9.25. The van der Waals surface area contributed by atoms with Gasteiger partial charge in [-0.25, -0.2) is 4.98 Å². The number of aromatic nitrogens is 3. The Morgan fingerprint density at radius 3 is 2.60 bits per heavy atom. The van der Waals surface area contributed by atoms with Crippen LogP contribution in [0.5, 0.6) is 0 Å². The minimum atomic E-state index is -0.0729. The van der Waals surface area contributed by atoms with E-state index in [1.54, 1.807) is 6.20 Å². The molecule has 4 rings (SSSR count). The summed E-state index contributed by atoms with van der Waals surface area (Å²) in [5, 5.41) is 3.58. The molecule has 0 aliphatic rings. The lowest BCUT2D eigenvalue weighted by Crippen LogP contribution is -2.05. The van der Waals surface area contributed by atoms with E-state index in [2.05, 4.69) is 15.0 Å². The summed E-state index contributed by atoms with van der Waals surface area (Å²) in [4.78, 5) is 22.7. The van der Waals surface area contributed by atoms with Crippen molar-refractivity contribution in [3.63, 3.8) is 0 Å². The van der Waals surface area contributed by atoms with Gasteiger partial charge in [0.25, 0.3) is 5.56 Å². The second-order valence-electron chi connectivity index (χ2n) is 4.69. The van der Waals surface area contributed by atoms with Gasteiger partial charge in [0.1, 0.15) is 5.82 Å². The molecule has 2 aromatic heterocycles. The molecule has 0 bridgehead atoms. The van der Waals surface area contributed by atoms with Crippen molar-refractivity contribution < 1.29 is 0 Å². The van der Waals surface area contributed by atoms with Crippen LogP contribution in [-0.2, 0) is 0 Å². The van der Waals surface area contributed by atoms with Crippen LogP contribution >= 0.6 is 0 Å². The normalized spacial score (nSPS) is 11.1. The number of imidazole rings is 1. The number of fused-ring (bicyclic) bond motifs is 6. The first-order valence-corrected chi connectivity index (χ1v) is 6.14. The number of pyridine rings is 1. The molecule has 0 unspecified atom stereocenters. The van der Waals surface area contributed by atoms with Crippen molar-refractivity contribution in [1.82, 2.24) is 15.0 Å². The molecule has 100 valence electrons. The van der Waals surface area contributed by atoms with E-state index in [1.165, 1.54) is 0 Å². The molecule has 0 aliphatic heterocycles. The Morgan fingerprint density at radius 2 is 1.80 bits per heavy atom. The first-order valence-electron chi connectivity index (χ1n) is 6.14. The Hall–Kier alpha value is -2.62. The van der Waals surface area contributed by atoms with E-state index < -0.39 is 0 Å². The topological polar surface area (TPSA) is 61.5 Å². The Balaban J connectivity index is 0.00000121. The maximum atomic E-state index is 12.1. The minimum Gasteiger partial charge on any atom is -0.342 e. The molecular formula is C16H15N3O. The highest BCUT2D eigenvalue weighted by atomic mass is 16.1. The molecule has 0 spiro atoms. The lowest BCUT2D eigenvalue weighted by Gasteiger charge is -2.04. The third-order valence-electron chi connectivity index (χ3n) is 3.50. The van der Waals surface area contributed by atoms with Crippen LogP contribution in [0.4, 0.5) is 0 Å². The fourth-order valence-electron chi connectivity index (χ4n) is 2.74. The largest absolute Gasteiger partial charge is 0.342 e.